The Balaban J connectivity index is 2.73. The molecular formula is C11H14N4O3. The fourth-order valence-corrected chi connectivity index (χ4v) is 1.19. The lowest BCUT2D eigenvalue weighted by Crippen LogP contribution is -2.32. The van der Waals surface area contributed by atoms with Gasteiger partial charge in [-0.15, -0.1) is 0 Å². The van der Waals surface area contributed by atoms with E-state index in [2.05, 4.69) is 10.5 Å². The van der Waals surface area contributed by atoms with Crippen molar-refractivity contribution in [2.75, 3.05) is 5.32 Å². The van der Waals surface area contributed by atoms with Crippen molar-refractivity contribution in [3.05, 3.63) is 29.8 Å². The molecule has 0 aromatic heterocycles. The predicted octanol–water partition coefficient (Wildman–Crippen LogP) is 0.106. The Bertz CT molecular complexity index is 482. The number of hydrogen-bond acceptors (Lipinski definition) is 4. The summed E-state index contributed by atoms with van der Waals surface area (Å²) in [6.45, 7) is 1.50. The highest BCUT2D eigenvalue weighted by molar-refractivity contribution is 6.07. The summed E-state index contributed by atoms with van der Waals surface area (Å²) in [6.07, 6.45) is 0. The van der Waals surface area contributed by atoms with Gasteiger partial charge in [-0.2, -0.15) is 0 Å². The summed E-state index contributed by atoms with van der Waals surface area (Å²) < 4.78 is 0. The van der Waals surface area contributed by atoms with E-state index in [9.17, 15) is 9.59 Å². The molecule has 96 valence electrons. The Hall–Kier alpha value is -2.57. The summed E-state index contributed by atoms with van der Waals surface area (Å²) in [7, 11) is 0. The number of nitrogens with zero attached hydrogens (tertiary/aromatic N) is 1. The average molecular weight is 250 g/mol. The predicted molar refractivity (Wildman–Crippen MR) is 66.2 cm³/mol. The molecule has 1 aromatic rings. The molecule has 6 N–H and O–H groups in total. The Kier molecular flexibility index (Phi) is 4.25. The van der Waals surface area contributed by atoms with Crippen molar-refractivity contribution in [3.63, 3.8) is 0 Å². The highest BCUT2D eigenvalue weighted by atomic mass is 16.4. The number of hydrogen-bond donors (Lipinski definition) is 4. The van der Waals surface area contributed by atoms with Gasteiger partial charge in [-0.25, -0.2) is 0 Å². The number of nitrogens with two attached hydrogens (primary N) is 2. The Morgan fingerprint density at radius 1 is 1.28 bits per heavy atom. The fraction of sp³-hybridized carbons (Fsp3) is 0.182. The monoisotopic (exact) mass is 250 g/mol. The molecule has 0 bridgehead atoms. The third-order valence-electron chi connectivity index (χ3n) is 2.39. The van der Waals surface area contributed by atoms with Crippen LogP contribution >= 0.6 is 0 Å². The number of nitrogens with one attached hydrogen (secondary N) is 1. The van der Waals surface area contributed by atoms with Crippen molar-refractivity contribution in [1.29, 1.82) is 0 Å². The van der Waals surface area contributed by atoms with E-state index in [0.717, 1.165) is 0 Å². The van der Waals surface area contributed by atoms with Crippen molar-refractivity contribution in [3.8, 4) is 0 Å². The normalized spacial score (nSPS) is 12.8. The Labute approximate surface area is 103 Å². The van der Waals surface area contributed by atoms with Gasteiger partial charge < -0.3 is 22.0 Å². The maximum Gasteiger partial charge on any atom is 0.248 e. The first-order chi connectivity index (χ1) is 8.45. The quantitative estimate of drug-likeness (QED) is 0.261. The van der Waals surface area contributed by atoms with Crippen molar-refractivity contribution in [2.45, 2.75) is 6.92 Å². The van der Waals surface area contributed by atoms with Crippen LogP contribution in [0.3, 0.4) is 0 Å². The van der Waals surface area contributed by atoms with Crippen LogP contribution in [0, 0.1) is 5.92 Å². The first-order valence-electron chi connectivity index (χ1n) is 5.14. The van der Waals surface area contributed by atoms with Crippen LogP contribution in [0.2, 0.25) is 0 Å². The molecule has 1 rings (SSSR count). The van der Waals surface area contributed by atoms with E-state index in [0.29, 0.717) is 11.3 Å². The maximum atomic E-state index is 11.7. The molecule has 0 fully saturated rings. The minimum absolute atomic E-state index is 0.179. The van der Waals surface area contributed by atoms with E-state index in [-0.39, 0.29) is 5.84 Å². The molecule has 0 aliphatic carbocycles. The second-order valence-corrected chi connectivity index (χ2v) is 3.68. The molecule has 1 aromatic carbocycles. The lowest BCUT2D eigenvalue weighted by molar-refractivity contribution is -0.117. The van der Waals surface area contributed by atoms with E-state index >= 15 is 0 Å². The van der Waals surface area contributed by atoms with Gasteiger partial charge in [-0.1, -0.05) is 5.16 Å². The number of carbonyl (C=O) groups excluding carboxylic acids is 2. The maximum absolute atomic E-state index is 11.7. The summed E-state index contributed by atoms with van der Waals surface area (Å²) in [4.78, 5) is 22.5. The summed E-state index contributed by atoms with van der Waals surface area (Å²) in [5, 5.41) is 13.8. The van der Waals surface area contributed by atoms with Crippen LogP contribution in [-0.2, 0) is 4.79 Å². The van der Waals surface area contributed by atoms with Gasteiger partial charge >= 0.3 is 0 Å². The first kappa shape index (κ1) is 13.5. The third kappa shape index (κ3) is 3.21. The van der Waals surface area contributed by atoms with Crippen LogP contribution in [0.1, 0.15) is 17.3 Å². The molecule has 7 heteroatoms. The van der Waals surface area contributed by atoms with Gasteiger partial charge in [0.15, 0.2) is 5.84 Å². The number of benzene rings is 1. The molecule has 2 amide bonds. The van der Waals surface area contributed by atoms with Gasteiger partial charge in [0.25, 0.3) is 0 Å². The number of rotatable bonds is 4. The van der Waals surface area contributed by atoms with Crippen LogP contribution in [0.25, 0.3) is 0 Å². The van der Waals surface area contributed by atoms with Gasteiger partial charge in [-0.3, -0.25) is 9.59 Å². The molecular weight excluding hydrogens is 236 g/mol. The summed E-state index contributed by atoms with van der Waals surface area (Å²) in [6, 6.07) is 6.06. The number of amidine groups is 1. The minimum Gasteiger partial charge on any atom is -0.409 e. The van der Waals surface area contributed by atoms with Crippen LogP contribution in [0.4, 0.5) is 5.69 Å². The second kappa shape index (κ2) is 5.67. The molecule has 0 radical (unpaired) electrons. The van der Waals surface area contributed by atoms with Gasteiger partial charge in [0.1, 0.15) is 0 Å². The SMILES string of the molecule is CC(C(=O)Nc1ccc(C(N)=O)cc1)C(N)=NO. The van der Waals surface area contributed by atoms with Gasteiger partial charge in [0, 0.05) is 11.3 Å². The molecule has 0 heterocycles. The summed E-state index contributed by atoms with van der Waals surface area (Å²) in [5.41, 5.74) is 11.2. The van der Waals surface area contributed by atoms with E-state index in [1.54, 1.807) is 0 Å². The highest BCUT2D eigenvalue weighted by Gasteiger charge is 2.17. The number of primary amides is 1. The molecule has 0 spiro atoms. The molecule has 1 atom stereocenters. The van der Waals surface area contributed by atoms with E-state index in [1.807, 2.05) is 0 Å². The minimum atomic E-state index is -0.759. The number of oxime groups is 1. The molecule has 0 aliphatic rings. The topological polar surface area (TPSA) is 131 Å². The number of carbonyl (C=O) groups is 2. The lowest BCUT2D eigenvalue weighted by atomic mass is 10.1. The molecule has 0 aliphatic heterocycles. The fourth-order valence-electron chi connectivity index (χ4n) is 1.19. The van der Waals surface area contributed by atoms with Crippen LogP contribution in [-0.4, -0.2) is 22.9 Å². The van der Waals surface area contributed by atoms with E-state index in [4.69, 9.17) is 16.7 Å². The summed E-state index contributed by atoms with van der Waals surface area (Å²) in [5.74, 6) is -1.90. The first-order valence-corrected chi connectivity index (χ1v) is 5.14. The smallest absolute Gasteiger partial charge is 0.248 e. The van der Waals surface area contributed by atoms with Crippen molar-refractivity contribution < 1.29 is 14.8 Å². The van der Waals surface area contributed by atoms with Crippen molar-refractivity contribution >= 4 is 23.3 Å². The zero-order valence-corrected chi connectivity index (χ0v) is 9.75. The van der Waals surface area contributed by atoms with Gasteiger partial charge in [0.05, 0.1) is 5.92 Å². The molecule has 18 heavy (non-hydrogen) atoms. The molecule has 0 saturated heterocycles. The highest BCUT2D eigenvalue weighted by Crippen LogP contribution is 2.10. The van der Waals surface area contributed by atoms with Crippen LogP contribution in [0.15, 0.2) is 29.4 Å². The van der Waals surface area contributed by atoms with E-state index in [1.165, 1.54) is 31.2 Å². The molecule has 0 saturated carbocycles. The second-order valence-electron chi connectivity index (χ2n) is 3.68. The third-order valence-corrected chi connectivity index (χ3v) is 2.39. The largest absolute Gasteiger partial charge is 0.409 e. The zero-order valence-electron chi connectivity index (χ0n) is 9.75. The number of anilines is 1. The van der Waals surface area contributed by atoms with Crippen molar-refractivity contribution in [1.82, 2.24) is 0 Å². The average Bonchev–Trinajstić information content (AvgIpc) is 2.37. The van der Waals surface area contributed by atoms with Crippen LogP contribution in [0.5, 0.6) is 0 Å². The lowest BCUT2D eigenvalue weighted by Gasteiger charge is -2.10. The summed E-state index contributed by atoms with van der Waals surface area (Å²) >= 11 is 0. The van der Waals surface area contributed by atoms with Gasteiger partial charge in [0.2, 0.25) is 11.8 Å². The standard InChI is InChI=1S/C11H14N4O3/c1-6(9(12)15-18)11(17)14-8-4-2-7(3-5-8)10(13)16/h2-6,18H,1H3,(H2,12,15)(H2,13,16)(H,14,17). The van der Waals surface area contributed by atoms with Gasteiger partial charge in [-0.05, 0) is 31.2 Å². The molecule has 7 nitrogen and oxygen atoms in total. The van der Waals surface area contributed by atoms with Crippen molar-refractivity contribution in [2.24, 2.45) is 22.5 Å². The molecule has 1 unspecified atom stereocenters. The Morgan fingerprint density at radius 2 is 1.83 bits per heavy atom. The zero-order chi connectivity index (χ0) is 13.7. The van der Waals surface area contributed by atoms with E-state index < -0.39 is 17.7 Å². The van der Waals surface area contributed by atoms with Crippen LogP contribution < -0.4 is 16.8 Å². The Morgan fingerprint density at radius 3 is 2.28 bits per heavy atom. The number of amides is 2.